The van der Waals surface area contributed by atoms with E-state index in [1.165, 1.54) is 17.4 Å². The van der Waals surface area contributed by atoms with Gasteiger partial charge >= 0.3 is 108 Å². The fraction of sp³-hybridized carbons (Fsp3) is 0.500. The van der Waals surface area contributed by atoms with Crippen LogP contribution in [0.15, 0.2) is 23.9 Å². The summed E-state index contributed by atoms with van der Waals surface area (Å²) in [5, 5.41) is 15.3. The van der Waals surface area contributed by atoms with Crippen molar-refractivity contribution in [3.05, 3.63) is 28.5 Å². The summed E-state index contributed by atoms with van der Waals surface area (Å²) >= 11 is 0.248. The third-order valence-electron chi connectivity index (χ3n) is 2.71. The van der Waals surface area contributed by atoms with E-state index in [4.69, 9.17) is 0 Å². The molecule has 2 heterocycles. The SMILES string of the molecule is C/C=C\C(=C/C)Nc1nnc(C2CCCN2)[se]1. The third kappa shape index (κ3) is 3.28. The number of hydrogen-bond acceptors (Lipinski definition) is 4. The molecule has 0 bridgehead atoms. The molecule has 1 aliphatic rings. The zero-order valence-corrected chi connectivity index (χ0v) is 11.9. The van der Waals surface area contributed by atoms with Gasteiger partial charge in [-0.25, -0.2) is 0 Å². The second-order valence-corrected chi connectivity index (χ2v) is 6.08. The number of nitrogens with zero attached hydrogens (tertiary/aromatic N) is 2. The van der Waals surface area contributed by atoms with E-state index in [1.807, 2.05) is 32.1 Å². The van der Waals surface area contributed by atoms with Gasteiger partial charge in [-0.3, -0.25) is 0 Å². The second-order valence-electron chi connectivity index (χ2n) is 3.96. The molecular weight excluding hydrogens is 279 g/mol. The van der Waals surface area contributed by atoms with Crippen molar-refractivity contribution in [2.24, 2.45) is 0 Å². The number of rotatable bonds is 4. The first-order chi connectivity index (χ1) is 8.33. The number of nitrogens with one attached hydrogen (secondary N) is 2. The molecule has 4 nitrogen and oxygen atoms in total. The summed E-state index contributed by atoms with van der Waals surface area (Å²) in [7, 11) is 0. The van der Waals surface area contributed by atoms with Gasteiger partial charge in [-0.1, -0.05) is 0 Å². The van der Waals surface area contributed by atoms with Crippen LogP contribution in [0.2, 0.25) is 0 Å². The zero-order chi connectivity index (χ0) is 12.1. The van der Waals surface area contributed by atoms with Gasteiger partial charge < -0.3 is 0 Å². The van der Waals surface area contributed by atoms with Crippen LogP contribution in [0.5, 0.6) is 0 Å². The number of hydrogen-bond donors (Lipinski definition) is 2. The number of aromatic nitrogens is 2. The Labute approximate surface area is 108 Å². The fourth-order valence-corrected chi connectivity index (χ4v) is 3.67. The van der Waals surface area contributed by atoms with Crippen LogP contribution in [0.1, 0.15) is 37.3 Å². The Morgan fingerprint density at radius 2 is 2.35 bits per heavy atom. The molecule has 0 radical (unpaired) electrons. The standard InChI is InChI=1S/C12H18N4Se/c1-3-6-9(4-2)14-12-16-15-11(17-12)10-7-5-8-13-10/h3-4,6,10,13H,5,7-8H2,1-2H3,(H,14,16)/b6-3-,9-4+. The number of anilines is 1. The molecule has 0 amide bonds. The Bertz CT molecular complexity index is 416. The van der Waals surface area contributed by atoms with Gasteiger partial charge in [-0.05, 0) is 0 Å². The molecule has 1 aliphatic heterocycles. The maximum absolute atomic E-state index is 4.30. The van der Waals surface area contributed by atoms with Crippen molar-refractivity contribution in [2.75, 3.05) is 11.9 Å². The van der Waals surface area contributed by atoms with Crippen LogP contribution < -0.4 is 10.6 Å². The fourth-order valence-electron chi connectivity index (χ4n) is 1.83. The number of allylic oxidation sites excluding steroid dienone is 3. The average molecular weight is 297 g/mol. The molecule has 0 aliphatic carbocycles. The molecule has 1 aromatic heterocycles. The average Bonchev–Trinajstić information content (AvgIpc) is 2.98. The van der Waals surface area contributed by atoms with Crippen LogP contribution in [0.3, 0.4) is 0 Å². The predicted molar refractivity (Wildman–Crippen MR) is 71.1 cm³/mol. The van der Waals surface area contributed by atoms with Gasteiger partial charge in [0.1, 0.15) is 0 Å². The van der Waals surface area contributed by atoms with E-state index in [1.54, 1.807) is 0 Å². The van der Waals surface area contributed by atoms with E-state index in [0.29, 0.717) is 6.04 Å². The van der Waals surface area contributed by atoms with Crippen molar-refractivity contribution in [3.8, 4) is 0 Å². The molecule has 1 unspecified atom stereocenters. The molecule has 17 heavy (non-hydrogen) atoms. The summed E-state index contributed by atoms with van der Waals surface area (Å²) < 4.78 is 2.24. The van der Waals surface area contributed by atoms with E-state index in [0.717, 1.165) is 16.9 Å². The Morgan fingerprint density at radius 3 is 3.00 bits per heavy atom. The summed E-state index contributed by atoms with van der Waals surface area (Å²) in [4.78, 5) is 0. The van der Waals surface area contributed by atoms with E-state index in [9.17, 15) is 0 Å². The Hall–Kier alpha value is -0.901. The van der Waals surface area contributed by atoms with Gasteiger partial charge in [-0.2, -0.15) is 0 Å². The van der Waals surface area contributed by atoms with Gasteiger partial charge in [0.25, 0.3) is 0 Å². The molecule has 92 valence electrons. The zero-order valence-electron chi connectivity index (χ0n) is 10.2. The quantitative estimate of drug-likeness (QED) is 0.658. The van der Waals surface area contributed by atoms with Crippen molar-refractivity contribution >= 4 is 19.2 Å². The van der Waals surface area contributed by atoms with Crippen molar-refractivity contribution in [3.63, 3.8) is 0 Å². The Morgan fingerprint density at radius 1 is 1.47 bits per heavy atom. The molecule has 2 rings (SSSR count). The van der Waals surface area contributed by atoms with Gasteiger partial charge in [-0.15, -0.1) is 0 Å². The minimum atomic E-state index is 0.248. The Kier molecular flexibility index (Phi) is 4.54. The van der Waals surface area contributed by atoms with Gasteiger partial charge in [0.2, 0.25) is 0 Å². The molecule has 0 aromatic carbocycles. The molecule has 2 N–H and O–H groups in total. The summed E-state index contributed by atoms with van der Waals surface area (Å²) in [5.41, 5.74) is 1.09. The summed E-state index contributed by atoms with van der Waals surface area (Å²) in [6.45, 7) is 5.14. The molecule has 0 saturated carbocycles. The third-order valence-corrected chi connectivity index (χ3v) is 4.71. The maximum atomic E-state index is 4.30. The summed E-state index contributed by atoms with van der Waals surface area (Å²) in [6, 6.07) is 0.467. The molecule has 0 spiro atoms. The van der Waals surface area contributed by atoms with E-state index in [-0.39, 0.29) is 14.5 Å². The van der Waals surface area contributed by atoms with E-state index >= 15 is 0 Å². The van der Waals surface area contributed by atoms with Crippen LogP contribution in [0, 0.1) is 0 Å². The van der Waals surface area contributed by atoms with E-state index in [2.05, 4.69) is 20.8 Å². The normalized spacial score (nSPS) is 21.3. The molecule has 5 heteroatoms. The van der Waals surface area contributed by atoms with Gasteiger partial charge in [0.15, 0.2) is 0 Å². The summed E-state index contributed by atoms with van der Waals surface area (Å²) in [5.74, 6) is 0. The van der Waals surface area contributed by atoms with Crippen LogP contribution >= 0.6 is 0 Å². The van der Waals surface area contributed by atoms with Crippen LogP contribution in [-0.2, 0) is 0 Å². The first-order valence-electron chi connectivity index (χ1n) is 5.96. The van der Waals surface area contributed by atoms with E-state index < -0.39 is 0 Å². The van der Waals surface area contributed by atoms with Crippen molar-refractivity contribution in [1.82, 2.24) is 15.5 Å². The topological polar surface area (TPSA) is 49.8 Å². The van der Waals surface area contributed by atoms with Gasteiger partial charge in [0.05, 0.1) is 0 Å². The van der Waals surface area contributed by atoms with Gasteiger partial charge in [0, 0.05) is 0 Å². The Balaban J connectivity index is 2.02. The first-order valence-corrected chi connectivity index (χ1v) is 7.67. The molecule has 1 atom stereocenters. The van der Waals surface area contributed by atoms with Crippen molar-refractivity contribution < 1.29 is 0 Å². The van der Waals surface area contributed by atoms with Crippen LogP contribution in [0.25, 0.3) is 0 Å². The molecule has 1 aromatic rings. The first kappa shape index (κ1) is 12.6. The summed E-state index contributed by atoms with van der Waals surface area (Å²) in [6.07, 6.45) is 8.57. The van der Waals surface area contributed by atoms with Crippen molar-refractivity contribution in [2.45, 2.75) is 32.7 Å². The van der Waals surface area contributed by atoms with Crippen LogP contribution in [-0.4, -0.2) is 31.2 Å². The minimum absolute atomic E-state index is 0.248. The molecule has 1 fully saturated rings. The monoisotopic (exact) mass is 298 g/mol. The molecular formula is C12H18N4Se. The van der Waals surface area contributed by atoms with Crippen molar-refractivity contribution in [1.29, 1.82) is 0 Å². The molecule has 1 saturated heterocycles. The van der Waals surface area contributed by atoms with Crippen LogP contribution in [0.4, 0.5) is 4.69 Å². The predicted octanol–water partition coefficient (Wildman–Crippen LogP) is 1.85. The second kappa shape index (κ2) is 6.15.